The number of anilines is 1. The Morgan fingerprint density at radius 3 is 2.31 bits per heavy atom. The van der Waals surface area contributed by atoms with Crippen LogP contribution in [0.25, 0.3) is 0 Å². The van der Waals surface area contributed by atoms with Gasteiger partial charge in [0.05, 0.1) is 6.21 Å². The highest BCUT2D eigenvalue weighted by molar-refractivity contribution is 6.35. The molecule has 0 saturated heterocycles. The van der Waals surface area contributed by atoms with Crippen LogP contribution in [0.5, 0.6) is 5.75 Å². The van der Waals surface area contributed by atoms with Crippen LogP contribution in [0.3, 0.4) is 0 Å². The van der Waals surface area contributed by atoms with E-state index in [1.165, 1.54) is 0 Å². The van der Waals surface area contributed by atoms with Crippen LogP contribution >= 0.6 is 23.2 Å². The van der Waals surface area contributed by atoms with E-state index in [1.54, 1.807) is 42.6 Å². The molecule has 32 heavy (non-hydrogen) atoms. The van der Waals surface area contributed by atoms with Crippen LogP contribution < -0.4 is 15.1 Å². The summed E-state index contributed by atoms with van der Waals surface area (Å²) >= 11 is 12.1. The lowest BCUT2D eigenvalue weighted by Gasteiger charge is -2.20. The highest BCUT2D eigenvalue weighted by Crippen LogP contribution is 2.23. The Morgan fingerprint density at radius 1 is 1.00 bits per heavy atom. The van der Waals surface area contributed by atoms with Gasteiger partial charge in [-0.15, -0.1) is 0 Å². The van der Waals surface area contributed by atoms with Crippen molar-refractivity contribution in [2.24, 2.45) is 5.10 Å². The number of carbonyl (C=O) groups excluding carboxylic acids is 1. The molecule has 0 spiro atoms. The Labute approximate surface area is 198 Å². The standard InChI is InChI=1S/C25H25Cl2N3O2/c1-3-30(4-2)22-11-5-18(6-12-22)16-28-29-25(31)19-8-13-23(14-9-19)32-17-20-7-10-21(26)15-24(20)27/h5-16H,3-4,17H2,1-2H3,(H,29,31)/b28-16-. The van der Waals surface area contributed by atoms with Gasteiger partial charge < -0.3 is 9.64 Å². The molecule has 0 aromatic heterocycles. The van der Waals surface area contributed by atoms with Crippen LogP contribution in [0.15, 0.2) is 71.8 Å². The number of nitrogens with zero attached hydrogens (tertiary/aromatic N) is 2. The second-order valence-corrected chi connectivity index (χ2v) is 7.86. The summed E-state index contributed by atoms with van der Waals surface area (Å²) in [6.45, 7) is 6.47. The van der Waals surface area contributed by atoms with Crippen molar-refractivity contribution in [3.8, 4) is 5.75 Å². The Hall–Kier alpha value is -3.02. The summed E-state index contributed by atoms with van der Waals surface area (Å²) in [7, 11) is 0. The van der Waals surface area contributed by atoms with Gasteiger partial charge in [-0.2, -0.15) is 5.10 Å². The molecule has 0 unspecified atom stereocenters. The van der Waals surface area contributed by atoms with Crippen molar-refractivity contribution in [3.63, 3.8) is 0 Å². The van der Waals surface area contributed by atoms with Crippen LogP contribution in [-0.2, 0) is 6.61 Å². The van der Waals surface area contributed by atoms with Gasteiger partial charge in [0.2, 0.25) is 0 Å². The summed E-state index contributed by atoms with van der Waals surface area (Å²) < 4.78 is 5.74. The smallest absolute Gasteiger partial charge is 0.271 e. The predicted molar refractivity (Wildman–Crippen MR) is 132 cm³/mol. The average Bonchev–Trinajstić information content (AvgIpc) is 2.80. The first-order chi connectivity index (χ1) is 15.5. The van der Waals surface area contributed by atoms with E-state index in [1.807, 2.05) is 30.3 Å². The summed E-state index contributed by atoms with van der Waals surface area (Å²) in [4.78, 5) is 14.6. The van der Waals surface area contributed by atoms with Crippen molar-refractivity contribution in [1.82, 2.24) is 5.43 Å². The van der Waals surface area contributed by atoms with Gasteiger partial charge in [-0.3, -0.25) is 4.79 Å². The van der Waals surface area contributed by atoms with Crippen LogP contribution in [0.4, 0.5) is 5.69 Å². The molecule has 3 aromatic rings. The van der Waals surface area contributed by atoms with E-state index in [-0.39, 0.29) is 5.91 Å². The maximum atomic E-state index is 12.3. The second-order valence-electron chi connectivity index (χ2n) is 7.01. The van der Waals surface area contributed by atoms with E-state index < -0.39 is 0 Å². The van der Waals surface area contributed by atoms with Gasteiger partial charge in [0.25, 0.3) is 5.91 Å². The molecule has 5 nitrogen and oxygen atoms in total. The molecule has 0 aliphatic heterocycles. The predicted octanol–water partition coefficient (Wildman–Crippen LogP) is 6.18. The molecule has 1 N–H and O–H groups in total. The van der Waals surface area contributed by atoms with Gasteiger partial charge in [0, 0.05) is 39.9 Å². The number of benzene rings is 3. The number of hydrazone groups is 1. The molecule has 0 radical (unpaired) electrons. The van der Waals surface area contributed by atoms with E-state index >= 15 is 0 Å². The largest absolute Gasteiger partial charge is 0.489 e. The number of carbonyl (C=O) groups is 1. The Morgan fingerprint density at radius 2 is 1.69 bits per heavy atom. The molecule has 0 aliphatic rings. The van der Waals surface area contributed by atoms with Gasteiger partial charge in [-0.1, -0.05) is 41.4 Å². The van der Waals surface area contributed by atoms with Gasteiger partial charge in [-0.05, 0) is 67.9 Å². The van der Waals surface area contributed by atoms with Crippen molar-refractivity contribution in [1.29, 1.82) is 0 Å². The van der Waals surface area contributed by atoms with Crippen molar-refractivity contribution >= 4 is 41.0 Å². The zero-order valence-electron chi connectivity index (χ0n) is 18.0. The van der Waals surface area contributed by atoms with Gasteiger partial charge in [0.1, 0.15) is 12.4 Å². The van der Waals surface area contributed by atoms with Crippen LogP contribution in [0, 0.1) is 0 Å². The van der Waals surface area contributed by atoms with Crippen LogP contribution in [0.1, 0.15) is 35.3 Å². The van der Waals surface area contributed by atoms with Gasteiger partial charge in [-0.25, -0.2) is 5.43 Å². The lowest BCUT2D eigenvalue weighted by molar-refractivity contribution is 0.0955. The molecule has 3 aromatic carbocycles. The fourth-order valence-electron chi connectivity index (χ4n) is 3.09. The average molecular weight is 470 g/mol. The third kappa shape index (κ3) is 6.49. The third-order valence-corrected chi connectivity index (χ3v) is 5.51. The van der Waals surface area contributed by atoms with Crippen LogP contribution in [0.2, 0.25) is 10.0 Å². The highest BCUT2D eigenvalue weighted by Gasteiger charge is 2.06. The summed E-state index contributed by atoms with van der Waals surface area (Å²) in [6, 6.07) is 20.1. The number of nitrogens with one attached hydrogen (secondary N) is 1. The van der Waals surface area contributed by atoms with Crippen molar-refractivity contribution in [3.05, 3.63) is 93.5 Å². The van der Waals surface area contributed by atoms with Gasteiger partial charge in [0.15, 0.2) is 0 Å². The zero-order valence-corrected chi connectivity index (χ0v) is 19.5. The lowest BCUT2D eigenvalue weighted by Crippen LogP contribution is -2.21. The Bertz CT molecular complexity index is 1060. The fourth-order valence-corrected chi connectivity index (χ4v) is 3.56. The minimum Gasteiger partial charge on any atom is -0.489 e. The van der Waals surface area contributed by atoms with E-state index in [2.05, 4.69) is 29.3 Å². The maximum Gasteiger partial charge on any atom is 0.271 e. The zero-order chi connectivity index (χ0) is 22.9. The van der Waals surface area contributed by atoms with E-state index in [0.717, 1.165) is 29.9 Å². The number of ether oxygens (including phenoxy) is 1. The second kappa shape index (κ2) is 11.6. The number of hydrogen-bond donors (Lipinski definition) is 1. The fraction of sp³-hybridized carbons (Fsp3) is 0.200. The van der Waals surface area contributed by atoms with Crippen molar-refractivity contribution in [2.45, 2.75) is 20.5 Å². The molecule has 0 fully saturated rings. The summed E-state index contributed by atoms with van der Waals surface area (Å²) in [5, 5.41) is 5.18. The van der Waals surface area contributed by atoms with E-state index in [0.29, 0.717) is 28.0 Å². The van der Waals surface area contributed by atoms with Crippen molar-refractivity contribution in [2.75, 3.05) is 18.0 Å². The topological polar surface area (TPSA) is 53.9 Å². The minimum absolute atomic E-state index is 0.298. The lowest BCUT2D eigenvalue weighted by atomic mass is 10.2. The summed E-state index contributed by atoms with van der Waals surface area (Å²) in [5.41, 5.74) is 5.93. The molecule has 0 bridgehead atoms. The summed E-state index contributed by atoms with van der Waals surface area (Å²) in [6.07, 6.45) is 1.62. The quantitative estimate of drug-likeness (QED) is 0.300. The minimum atomic E-state index is -0.298. The van der Waals surface area contributed by atoms with E-state index in [9.17, 15) is 4.79 Å². The molecular formula is C25H25Cl2N3O2. The highest BCUT2D eigenvalue weighted by atomic mass is 35.5. The monoisotopic (exact) mass is 469 g/mol. The van der Waals surface area contributed by atoms with Crippen LogP contribution in [-0.4, -0.2) is 25.2 Å². The third-order valence-electron chi connectivity index (χ3n) is 4.93. The van der Waals surface area contributed by atoms with Gasteiger partial charge >= 0.3 is 0 Å². The first-order valence-electron chi connectivity index (χ1n) is 10.3. The Kier molecular flexibility index (Phi) is 8.54. The first kappa shape index (κ1) is 23.6. The summed E-state index contributed by atoms with van der Waals surface area (Å²) in [5.74, 6) is 0.331. The molecule has 7 heteroatoms. The normalized spacial score (nSPS) is 10.9. The molecule has 1 amide bonds. The first-order valence-corrected chi connectivity index (χ1v) is 11.1. The number of amides is 1. The molecule has 0 aliphatic carbocycles. The molecule has 0 atom stereocenters. The number of rotatable bonds is 9. The molecule has 166 valence electrons. The molecule has 3 rings (SSSR count). The molecule has 0 heterocycles. The number of halogens is 2. The number of hydrogen-bond acceptors (Lipinski definition) is 4. The maximum absolute atomic E-state index is 12.3. The van der Waals surface area contributed by atoms with E-state index in [4.69, 9.17) is 27.9 Å². The molecular weight excluding hydrogens is 445 g/mol. The molecule has 0 saturated carbocycles. The Balaban J connectivity index is 1.52. The SMILES string of the molecule is CCN(CC)c1ccc(/C=N\NC(=O)c2ccc(OCc3ccc(Cl)cc3Cl)cc2)cc1. The van der Waals surface area contributed by atoms with Crippen molar-refractivity contribution < 1.29 is 9.53 Å².